The Morgan fingerprint density at radius 2 is 1.76 bits per heavy atom. The highest BCUT2D eigenvalue weighted by atomic mass is 35.5. The number of methoxy groups -OCH3 is 2. The van der Waals surface area contributed by atoms with E-state index in [4.69, 9.17) is 32.7 Å². The number of rotatable bonds is 4. The number of hydrogen-bond donors (Lipinski definition) is 1. The van der Waals surface area contributed by atoms with Crippen LogP contribution in [-0.2, 0) is 0 Å². The maximum absolute atomic E-state index is 9.45. The second-order valence-electron chi connectivity index (χ2n) is 5.14. The number of nitrogens with one attached hydrogen (secondary N) is 1. The minimum absolute atomic E-state index is 0.394. The Kier molecular flexibility index (Phi) is 4.84. The maximum Gasteiger partial charge on any atom is 0.162 e. The van der Waals surface area contributed by atoms with Crippen molar-refractivity contribution in [3.05, 3.63) is 52.1 Å². The number of ether oxygens (including phenoxy) is 2. The van der Waals surface area contributed by atoms with Gasteiger partial charge in [0.1, 0.15) is 6.07 Å². The average molecular weight is 374 g/mol. The number of hydrogen-bond acceptors (Lipinski definition) is 5. The van der Waals surface area contributed by atoms with Crippen LogP contribution in [0.15, 0.2) is 36.5 Å². The standard InChI is InChI=1S/C18H13Cl2N3O2/c1-24-16-6-12-15(7-17(16)25-2)22-9-10(8-21)18(12)23-11-3-4-13(19)14(20)5-11/h3-7,9H,1-2H3,(H,22,23). The van der Waals surface area contributed by atoms with Gasteiger partial charge in [-0.1, -0.05) is 23.2 Å². The van der Waals surface area contributed by atoms with Crippen molar-refractivity contribution in [2.24, 2.45) is 0 Å². The molecule has 0 aliphatic rings. The van der Waals surface area contributed by atoms with E-state index in [1.54, 1.807) is 44.6 Å². The summed E-state index contributed by atoms with van der Waals surface area (Å²) >= 11 is 12.0. The first-order valence-corrected chi connectivity index (χ1v) is 8.00. The molecule has 1 N–H and O–H groups in total. The largest absolute Gasteiger partial charge is 0.493 e. The van der Waals surface area contributed by atoms with Crippen LogP contribution in [0.25, 0.3) is 10.9 Å². The second kappa shape index (κ2) is 7.06. The molecule has 0 amide bonds. The predicted octanol–water partition coefficient (Wildman–Crippen LogP) is 5.17. The smallest absolute Gasteiger partial charge is 0.162 e. The van der Waals surface area contributed by atoms with Crippen LogP contribution in [0.4, 0.5) is 11.4 Å². The number of fused-ring (bicyclic) bond motifs is 1. The van der Waals surface area contributed by atoms with Crippen molar-refractivity contribution >= 4 is 45.5 Å². The third kappa shape index (κ3) is 3.27. The molecule has 3 aromatic rings. The number of aromatic nitrogens is 1. The molecule has 126 valence electrons. The molecule has 0 unspecified atom stereocenters. The van der Waals surface area contributed by atoms with Gasteiger partial charge in [-0.15, -0.1) is 0 Å². The number of nitrogens with zero attached hydrogens (tertiary/aromatic N) is 2. The molecule has 3 rings (SSSR count). The van der Waals surface area contributed by atoms with E-state index in [9.17, 15) is 5.26 Å². The van der Waals surface area contributed by atoms with Crippen molar-refractivity contribution in [3.63, 3.8) is 0 Å². The summed E-state index contributed by atoms with van der Waals surface area (Å²) in [7, 11) is 3.11. The van der Waals surface area contributed by atoms with Crippen LogP contribution >= 0.6 is 23.2 Å². The molecule has 5 nitrogen and oxygen atoms in total. The molecule has 25 heavy (non-hydrogen) atoms. The highest BCUT2D eigenvalue weighted by Gasteiger charge is 2.14. The lowest BCUT2D eigenvalue weighted by molar-refractivity contribution is 0.356. The van der Waals surface area contributed by atoms with E-state index >= 15 is 0 Å². The average Bonchev–Trinajstić information content (AvgIpc) is 2.63. The van der Waals surface area contributed by atoms with Crippen LogP contribution in [0.1, 0.15) is 5.56 Å². The SMILES string of the molecule is COc1cc2ncc(C#N)c(Nc3ccc(Cl)c(Cl)c3)c2cc1OC. The fraction of sp³-hybridized carbons (Fsp3) is 0.111. The first kappa shape index (κ1) is 17.2. The van der Waals surface area contributed by atoms with Crippen molar-refractivity contribution in [2.45, 2.75) is 0 Å². The Morgan fingerprint density at radius 1 is 1.04 bits per heavy atom. The van der Waals surface area contributed by atoms with Crippen LogP contribution in [-0.4, -0.2) is 19.2 Å². The Morgan fingerprint density at radius 3 is 2.40 bits per heavy atom. The summed E-state index contributed by atoms with van der Waals surface area (Å²) in [6.45, 7) is 0. The monoisotopic (exact) mass is 373 g/mol. The summed E-state index contributed by atoms with van der Waals surface area (Å²) in [5.41, 5.74) is 2.37. The second-order valence-corrected chi connectivity index (χ2v) is 5.95. The minimum Gasteiger partial charge on any atom is -0.493 e. The first-order valence-electron chi connectivity index (χ1n) is 7.24. The molecule has 0 saturated carbocycles. The Hall–Kier alpha value is -2.68. The number of benzene rings is 2. The fourth-order valence-electron chi connectivity index (χ4n) is 2.46. The third-order valence-corrected chi connectivity index (χ3v) is 4.42. The van der Waals surface area contributed by atoms with E-state index in [2.05, 4.69) is 16.4 Å². The van der Waals surface area contributed by atoms with Crippen LogP contribution < -0.4 is 14.8 Å². The van der Waals surface area contributed by atoms with Gasteiger partial charge >= 0.3 is 0 Å². The Balaban J connectivity index is 2.20. The third-order valence-electron chi connectivity index (χ3n) is 3.68. The van der Waals surface area contributed by atoms with Crippen LogP contribution in [0.5, 0.6) is 11.5 Å². The van der Waals surface area contributed by atoms with Crippen molar-refractivity contribution in [1.82, 2.24) is 4.98 Å². The van der Waals surface area contributed by atoms with Crippen molar-refractivity contribution in [3.8, 4) is 17.6 Å². The van der Waals surface area contributed by atoms with Crippen LogP contribution in [0.3, 0.4) is 0 Å². The zero-order valence-corrected chi connectivity index (χ0v) is 14.9. The Labute approximate surface area is 154 Å². The summed E-state index contributed by atoms with van der Waals surface area (Å²) in [6.07, 6.45) is 1.51. The van der Waals surface area contributed by atoms with Gasteiger partial charge in [0, 0.05) is 23.3 Å². The van der Waals surface area contributed by atoms with E-state index in [0.717, 1.165) is 5.39 Å². The zero-order chi connectivity index (χ0) is 18.0. The summed E-state index contributed by atoms with van der Waals surface area (Å²) in [6, 6.07) is 10.8. The molecule has 2 aromatic carbocycles. The first-order chi connectivity index (χ1) is 12.1. The van der Waals surface area contributed by atoms with Crippen molar-refractivity contribution < 1.29 is 9.47 Å². The normalized spacial score (nSPS) is 10.4. The summed E-state index contributed by atoms with van der Waals surface area (Å²) < 4.78 is 10.7. The minimum atomic E-state index is 0.394. The summed E-state index contributed by atoms with van der Waals surface area (Å²) in [4.78, 5) is 4.32. The molecule has 0 aliphatic heterocycles. The van der Waals surface area contributed by atoms with E-state index in [0.29, 0.717) is 44.0 Å². The molecular weight excluding hydrogens is 361 g/mol. The molecule has 0 spiro atoms. The molecular formula is C18H13Cl2N3O2. The lowest BCUT2D eigenvalue weighted by Crippen LogP contribution is -1.98. The fourth-order valence-corrected chi connectivity index (χ4v) is 2.75. The number of halogens is 2. The van der Waals surface area contributed by atoms with Crippen LogP contribution in [0, 0.1) is 11.3 Å². The number of nitriles is 1. The lowest BCUT2D eigenvalue weighted by Gasteiger charge is -2.14. The topological polar surface area (TPSA) is 67.2 Å². The van der Waals surface area contributed by atoms with Gasteiger partial charge in [0.05, 0.1) is 41.0 Å². The maximum atomic E-state index is 9.45. The molecule has 0 radical (unpaired) electrons. The molecule has 0 atom stereocenters. The quantitative estimate of drug-likeness (QED) is 0.682. The molecule has 0 saturated heterocycles. The predicted molar refractivity (Wildman–Crippen MR) is 99.3 cm³/mol. The number of pyridine rings is 1. The molecule has 0 bridgehead atoms. The van der Waals surface area contributed by atoms with E-state index in [-0.39, 0.29) is 0 Å². The molecule has 1 aromatic heterocycles. The summed E-state index contributed by atoms with van der Waals surface area (Å²) in [5.74, 6) is 1.11. The highest BCUT2D eigenvalue weighted by molar-refractivity contribution is 6.42. The van der Waals surface area contributed by atoms with E-state index < -0.39 is 0 Å². The van der Waals surface area contributed by atoms with Gasteiger partial charge in [-0.05, 0) is 24.3 Å². The van der Waals surface area contributed by atoms with Gasteiger partial charge in [-0.3, -0.25) is 4.98 Å². The van der Waals surface area contributed by atoms with Gasteiger partial charge < -0.3 is 14.8 Å². The zero-order valence-electron chi connectivity index (χ0n) is 13.4. The van der Waals surface area contributed by atoms with Gasteiger partial charge in [0.2, 0.25) is 0 Å². The van der Waals surface area contributed by atoms with Crippen molar-refractivity contribution in [2.75, 3.05) is 19.5 Å². The molecule has 1 heterocycles. The van der Waals surface area contributed by atoms with Gasteiger partial charge in [-0.25, -0.2) is 0 Å². The lowest BCUT2D eigenvalue weighted by atomic mass is 10.1. The van der Waals surface area contributed by atoms with Gasteiger partial charge in [-0.2, -0.15) is 5.26 Å². The van der Waals surface area contributed by atoms with E-state index in [1.165, 1.54) is 6.20 Å². The van der Waals surface area contributed by atoms with Gasteiger partial charge in [0.15, 0.2) is 11.5 Å². The van der Waals surface area contributed by atoms with Crippen LogP contribution in [0.2, 0.25) is 10.0 Å². The number of anilines is 2. The molecule has 0 fully saturated rings. The highest BCUT2D eigenvalue weighted by Crippen LogP contribution is 2.37. The summed E-state index contributed by atoms with van der Waals surface area (Å²) in [5, 5.41) is 14.3. The Bertz CT molecular complexity index is 1000. The van der Waals surface area contributed by atoms with Crippen molar-refractivity contribution in [1.29, 1.82) is 5.26 Å². The van der Waals surface area contributed by atoms with Gasteiger partial charge in [0.25, 0.3) is 0 Å². The molecule has 0 aliphatic carbocycles. The van der Waals surface area contributed by atoms with E-state index in [1.807, 2.05) is 0 Å². The molecule has 7 heteroatoms.